The number of amides is 1. The lowest BCUT2D eigenvalue weighted by Gasteiger charge is -2.36. The Morgan fingerprint density at radius 1 is 1.24 bits per heavy atom. The van der Waals surface area contributed by atoms with E-state index in [2.05, 4.69) is 15.6 Å². The second-order valence-electron chi connectivity index (χ2n) is 10.2. The van der Waals surface area contributed by atoms with Gasteiger partial charge in [0.1, 0.15) is 17.5 Å². The Morgan fingerprint density at radius 3 is 2.68 bits per heavy atom. The fraction of sp³-hybridized carbons (Fsp3) is 0.440. The monoisotopic (exact) mass is 564 g/mol. The van der Waals surface area contributed by atoms with E-state index in [0.29, 0.717) is 53.6 Å². The van der Waals surface area contributed by atoms with Gasteiger partial charge in [-0.3, -0.25) is 0 Å². The van der Waals surface area contributed by atoms with Crippen molar-refractivity contribution in [3.63, 3.8) is 0 Å². The molecule has 0 bridgehead atoms. The first-order chi connectivity index (χ1) is 17.9. The third kappa shape index (κ3) is 5.23. The van der Waals surface area contributed by atoms with E-state index in [1.807, 2.05) is 20.8 Å². The molecule has 38 heavy (non-hydrogen) atoms. The number of aromatic nitrogens is 3. The zero-order chi connectivity index (χ0) is 27.2. The summed E-state index contributed by atoms with van der Waals surface area (Å²) in [6, 6.07) is 4.27. The van der Waals surface area contributed by atoms with Crippen LogP contribution in [0, 0.1) is 5.82 Å². The van der Waals surface area contributed by atoms with Crippen molar-refractivity contribution < 1.29 is 23.5 Å². The number of rotatable bonds is 4. The first-order valence-electron chi connectivity index (χ1n) is 12.1. The van der Waals surface area contributed by atoms with Crippen molar-refractivity contribution in [1.29, 1.82) is 0 Å². The van der Waals surface area contributed by atoms with Crippen molar-refractivity contribution >= 4 is 40.8 Å². The lowest BCUT2D eigenvalue weighted by Crippen LogP contribution is -2.48. The summed E-state index contributed by atoms with van der Waals surface area (Å²) in [6.07, 6.45) is 3.29. The van der Waals surface area contributed by atoms with E-state index < -0.39 is 23.2 Å². The fourth-order valence-electron chi connectivity index (χ4n) is 4.33. The minimum absolute atomic E-state index is 0.0965. The molecule has 0 aliphatic carbocycles. The molecule has 2 aliphatic heterocycles. The Hall–Kier alpha value is -3.15. The molecule has 3 aromatic rings. The van der Waals surface area contributed by atoms with E-state index >= 15 is 0 Å². The molecule has 2 aromatic heterocycles. The molecule has 1 atom stereocenters. The molecule has 0 radical (unpaired) electrons. The predicted octanol–water partition coefficient (Wildman–Crippen LogP) is 5.32. The third-order valence-corrected chi connectivity index (χ3v) is 6.95. The number of hydrogen-bond acceptors (Lipinski definition) is 8. The minimum Gasteiger partial charge on any atom is -0.470 e. The summed E-state index contributed by atoms with van der Waals surface area (Å²) in [5, 5.41) is 4.54. The largest absolute Gasteiger partial charge is 0.470 e. The molecular formula is C25H27Cl2FN6O4. The van der Waals surface area contributed by atoms with E-state index in [4.69, 9.17) is 42.5 Å². The van der Waals surface area contributed by atoms with Crippen LogP contribution in [0.3, 0.4) is 0 Å². The lowest BCUT2D eigenvalue weighted by atomic mass is 10.0. The molecule has 1 unspecified atom stereocenters. The molecule has 5 rings (SSSR count). The van der Waals surface area contributed by atoms with Gasteiger partial charge in [-0.1, -0.05) is 23.2 Å². The van der Waals surface area contributed by atoms with Crippen LogP contribution in [0.1, 0.15) is 57.8 Å². The number of benzene rings is 1. The van der Waals surface area contributed by atoms with Gasteiger partial charge in [0, 0.05) is 48.8 Å². The first-order valence-corrected chi connectivity index (χ1v) is 12.9. The number of hydrogen-bond donors (Lipinski definition) is 1. The Labute approximate surface area is 228 Å². The molecule has 202 valence electrons. The van der Waals surface area contributed by atoms with Crippen molar-refractivity contribution in [2.24, 2.45) is 4.99 Å². The smallest absolute Gasteiger partial charge is 0.410 e. The van der Waals surface area contributed by atoms with Crippen LogP contribution in [0.25, 0.3) is 5.65 Å². The van der Waals surface area contributed by atoms with Crippen LogP contribution >= 0.6 is 23.2 Å². The molecule has 1 aromatic carbocycles. The molecule has 13 heteroatoms. The highest BCUT2D eigenvalue weighted by molar-refractivity contribution is 6.36. The number of hydroxylamine groups is 1. The number of amidine groups is 1. The summed E-state index contributed by atoms with van der Waals surface area (Å²) in [7, 11) is 0. The van der Waals surface area contributed by atoms with E-state index in [9.17, 15) is 9.18 Å². The van der Waals surface area contributed by atoms with Gasteiger partial charge in [-0.2, -0.15) is 10.1 Å². The Balaban J connectivity index is 1.33. The van der Waals surface area contributed by atoms with Gasteiger partial charge in [0.05, 0.1) is 16.8 Å². The van der Waals surface area contributed by atoms with Crippen molar-refractivity contribution in [3.8, 4) is 5.88 Å². The molecule has 1 spiro atoms. The molecule has 1 saturated heterocycles. The van der Waals surface area contributed by atoms with Crippen LogP contribution in [0.2, 0.25) is 10.0 Å². The summed E-state index contributed by atoms with van der Waals surface area (Å²) in [5.74, 6) is 0.154. The average Bonchev–Trinajstić information content (AvgIpc) is 3.45. The zero-order valence-corrected chi connectivity index (χ0v) is 22.8. The lowest BCUT2D eigenvalue weighted by molar-refractivity contribution is -0.0893. The second-order valence-corrected chi connectivity index (χ2v) is 11.0. The molecule has 1 N–H and O–H groups in total. The number of ether oxygens (including phenoxy) is 2. The van der Waals surface area contributed by atoms with Crippen LogP contribution in [0.15, 0.2) is 35.6 Å². The summed E-state index contributed by atoms with van der Waals surface area (Å²) in [4.78, 5) is 29.4. The van der Waals surface area contributed by atoms with E-state index in [1.165, 1.54) is 12.1 Å². The second kappa shape index (κ2) is 9.87. The van der Waals surface area contributed by atoms with Gasteiger partial charge in [-0.15, -0.1) is 0 Å². The van der Waals surface area contributed by atoms with Crippen molar-refractivity contribution in [3.05, 3.63) is 57.6 Å². The van der Waals surface area contributed by atoms with Crippen molar-refractivity contribution in [1.82, 2.24) is 25.0 Å². The number of fused-ring (bicyclic) bond motifs is 1. The van der Waals surface area contributed by atoms with Gasteiger partial charge in [-0.25, -0.2) is 29.0 Å². The van der Waals surface area contributed by atoms with Crippen LogP contribution in [0.4, 0.5) is 9.18 Å². The predicted molar refractivity (Wildman–Crippen MR) is 139 cm³/mol. The van der Waals surface area contributed by atoms with Gasteiger partial charge in [0.25, 0.3) is 0 Å². The third-order valence-electron chi connectivity index (χ3n) is 6.23. The molecule has 2 aliphatic rings. The molecule has 10 nitrogen and oxygen atoms in total. The van der Waals surface area contributed by atoms with Crippen LogP contribution < -0.4 is 10.2 Å². The number of aliphatic imine (C=N–C) groups is 1. The van der Waals surface area contributed by atoms with E-state index in [1.54, 1.807) is 34.8 Å². The van der Waals surface area contributed by atoms with Crippen LogP contribution in [0.5, 0.6) is 5.88 Å². The van der Waals surface area contributed by atoms with Gasteiger partial charge in [0.15, 0.2) is 17.2 Å². The molecule has 1 fully saturated rings. The topological polar surface area (TPSA) is 103 Å². The van der Waals surface area contributed by atoms with Crippen LogP contribution in [-0.4, -0.2) is 55.8 Å². The Morgan fingerprint density at radius 2 is 1.97 bits per heavy atom. The van der Waals surface area contributed by atoms with Crippen molar-refractivity contribution in [2.45, 2.75) is 58.0 Å². The Bertz CT molecular complexity index is 1410. The number of likely N-dealkylation sites (tertiary alicyclic amines) is 1. The maximum Gasteiger partial charge on any atom is 0.410 e. The zero-order valence-electron chi connectivity index (χ0n) is 21.3. The maximum absolute atomic E-state index is 14.0. The maximum atomic E-state index is 14.0. The fourth-order valence-corrected chi connectivity index (χ4v) is 5.01. The van der Waals surface area contributed by atoms with Gasteiger partial charge >= 0.3 is 6.09 Å². The summed E-state index contributed by atoms with van der Waals surface area (Å²) in [5.41, 5.74) is 2.95. The van der Waals surface area contributed by atoms with Gasteiger partial charge < -0.3 is 14.4 Å². The highest BCUT2D eigenvalue weighted by atomic mass is 35.5. The standard InChI is InChI=1S/C25H27Cl2FN6O4/c1-14(19-16(26)5-6-17(28)20(19)27)36-18-7-10-34-22(30-18)15(13-29-34)21-31-25(38-32-21)8-11-33(12-9-25)23(35)37-24(2,3)4/h5-7,10,13-14H,8-9,11-12H2,1-4H3,(H,31,32). The number of nitrogens with zero attached hydrogens (tertiary/aromatic N) is 5. The normalized spacial score (nSPS) is 17.9. The number of piperidine rings is 1. The SMILES string of the molecule is CC(Oc1ccn2ncc(C3=NC4(CCN(C(=O)OC(C)(C)C)CC4)ON3)c2n1)c1c(Cl)ccc(F)c1Cl. The number of carbonyl (C=O) groups is 1. The summed E-state index contributed by atoms with van der Waals surface area (Å²) >= 11 is 12.4. The number of carbonyl (C=O) groups excluding carboxylic acids is 1. The highest BCUT2D eigenvalue weighted by Gasteiger charge is 2.42. The number of halogens is 3. The average molecular weight is 565 g/mol. The minimum atomic E-state index is -0.810. The number of nitrogens with one attached hydrogen (secondary N) is 1. The van der Waals surface area contributed by atoms with Gasteiger partial charge in [0.2, 0.25) is 5.88 Å². The van der Waals surface area contributed by atoms with Crippen molar-refractivity contribution in [2.75, 3.05) is 13.1 Å². The van der Waals surface area contributed by atoms with E-state index in [-0.39, 0.29) is 17.0 Å². The quantitative estimate of drug-likeness (QED) is 0.427. The first kappa shape index (κ1) is 26.5. The summed E-state index contributed by atoms with van der Waals surface area (Å²) in [6.45, 7) is 8.11. The Kier molecular flexibility index (Phi) is 6.87. The molecule has 0 saturated carbocycles. The highest BCUT2D eigenvalue weighted by Crippen LogP contribution is 2.35. The summed E-state index contributed by atoms with van der Waals surface area (Å²) < 4.78 is 27.0. The van der Waals surface area contributed by atoms with E-state index in [0.717, 1.165) is 0 Å². The van der Waals surface area contributed by atoms with Crippen LogP contribution in [-0.2, 0) is 9.57 Å². The molecule has 1 amide bonds. The molecule has 4 heterocycles. The molecular weight excluding hydrogens is 538 g/mol. The van der Waals surface area contributed by atoms with Gasteiger partial charge in [-0.05, 0) is 39.8 Å².